The van der Waals surface area contributed by atoms with Crippen LogP contribution in [0.2, 0.25) is 0 Å². The summed E-state index contributed by atoms with van der Waals surface area (Å²) in [5, 5.41) is 0. The topological polar surface area (TPSA) is 46.6 Å². The van der Waals surface area contributed by atoms with Gasteiger partial charge in [0, 0.05) is 30.3 Å². The van der Waals surface area contributed by atoms with E-state index in [-0.39, 0.29) is 11.5 Å². The van der Waals surface area contributed by atoms with Gasteiger partial charge in [0.25, 0.3) is 0 Å². The smallest absolute Gasteiger partial charge is 0.410 e. The number of hydrogen-bond donors (Lipinski definition) is 0. The Morgan fingerprint density at radius 3 is 2.74 bits per heavy atom. The average molecular weight is 265 g/mol. The van der Waals surface area contributed by atoms with E-state index >= 15 is 0 Å². The van der Waals surface area contributed by atoms with E-state index in [0.717, 1.165) is 6.42 Å². The van der Waals surface area contributed by atoms with Gasteiger partial charge in [-0.05, 0) is 27.2 Å². The Balaban J connectivity index is 2.27. The first-order valence-electron chi connectivity index (χ1n) is 6.97. The second kappa shape index (κ2) is 4.66. The monoisotopic (exact) mass is 265 g/mol. The van der Waals surface area contributed by atoms with Gasteiger partial charge >= 0.3 is 6.09 Å². The standard InChI is InChI=1S/C15H23NO3/c1-5-19-13(18)16-9-7-11-14(2,3)12(17)6-8-15(11,4)10-16/h7H,5-6,8-10H2,1-4H3/t15-/m1/s1. The summed E-state index contributed by atoms with van der Waals surface area (Å²) < 4.78 is 5.07. The highest BCUT2D eigenvalue weighted by Gasteiger charge is 2.49. The van der Waals surface area contributed by atoms with Gasteiger partial charge in [-0.1, -0.05) is 18.6 Å². The van der Waals surface area contributed by atoms with E-state index in [1.54, 1.807) is 4.90 Å². The molecule has 0 radical (unpaired) electrons. The highest BCUT2D eigenvalue weighted by molar-refractivity contribution is 5.89. The molecule has 19 heavy (non-hydrogen) atoms. The highest BCUT2D eigenvalue weighted by Crippen LogP contribution is 2.50. The number of nitrogens with zero attached hydrogens (tertiary/aromatic N) is 1. The molecule has 1 saturated carbocycles. The van der Waals surface area contributed by atoms with Gasteiger partial charge < -0.3 is 9.64 Å². The Hall–Kier alpha value is -1.32. The molecule has 0 aromatic carbocycles. The molecule has 4 heteroatoms. The van der Waals surface area contributed by atoms with Crippen molar-refractivity contribution in [2.24, 2.45) is 10.8 Å². The van der Waals surface area contributed by atoms with E-state index in [0.29, 0.717) is 31.9 Å². The second-order valence-electron chi connectivity index (χ2n) is 6.31. The third-order valence-corrected chi connectivity index (χ3v) is 4.51. The van der Waals surface area contributed by atoms with Crippen LogP contribution >= 0.6 is 0 Å². The molecule has 1 aliphatic heterocycles. The molecule has 0 N–H and O–H groups in total. The molecule has 0 spiro atoms. The third kappa shape index (κ3) is 2.28. The third-order valence-electron chi connectivity index (χ3n) is 4.51. The van der Waals surface area contributed by atoms with Crippen molar-refractivity contribution >= 4 is 11.9 Å². The zero-order valence-electron chi connectivity index (χ0n) is 12.3. The summed E-state index contributed by atoms with van der Waals surface area (Å²) in [5.41, 5.74) is 0.702. The predicted molar refractivity (Wildman–Crippen MR) is 72.8 cm³/mol. The van der Waals surface area contributed by atoms with E-state index in [1.807, 2.05) is 20.8 Å². The number of Topliss-reactive ketones (excluding diaryl/α,β-unsaturated/α-hetero) is 1. The van der Waals surface area contributed by atoms with Crippen molar-refractivity contribution < 1.29 is 14.3 Å². The maximum atomic E-state index is 12.1. The van der Waals surface area contributed by atoms with Crippen LogP contribution in [0.25, 0.3) is 0 Å². The Morgan fingerprint density at radius 1 is 1.42 bits per heavy atom. The van der Waals surface area contributed by atoms with Crippen LogP contribution in [0.5, 0.6) is 0 Å². The zero-order chi connectivity index (χ0) is 14.3. The number of rotatable bonds is 1. The average Bonchev–Trinajstić information content (AvgIpc) is 2.34. The first kappa shape index (κ1) is 14.1. The number of carbonyl (C=O) groups is 2. The molecular formula is C15H23NO3. The molecule has 0 aromatic heterocycles. The minimum atomic E-state index is -0.395. The van der Waals surface area contributed by atoms with E-state index in [2.05, 4.69) is 13.0 Å². The molecule has 4 nitrogen and oxygen atoms in total. The lowest BCUT2D eigenvalue weighted by Gasteiger charge is -2.49. The summed E-state index contributed by atoms with van der Waals surface area (Å²) in [6.07, 6.45) is 3.21. The molecule has 1 fully saturated rings. The maximum absolute atomic E-state index is 12.1. The lowest BCUT2D eigenvalue weighted by Crippen LogP contribution is -2.51. The Labute approximate surface area is 114 Å². The van der Waals surface area contributed by atoms with Crippen molar-refractivity contribution in [2.75, 3.05) is 19.7 Å². The van der Waals surface area contributed by atoms with Gasteiger partial charge in [0.2, 0.25) is 0 Å². The molecule has 1 amide bonds. The summed E-state index contributed by atoms with van der Waals surface area (Å²) in [5.74, 6) is 0.306. The zero-order valence-corrected chi connectivity index (χ0v) is 12.3. The van der Waals surface area contributed by atoms with Crippen molar-refractivity contribution in [1.29, 1.82) is 0 Å². The molecule has 1 atom stereocenters. The number of hydrogen-bond acceptors (Lipinski definition) is 3. The number of carbonyl (C=O) groups excluding carboxylic acids is 2. The van der Waals surface area contributed by atoms with Gasteiger partial charge in [-0.15, -0.1) is 0 Å². The van der Waals surface area contributed by atoms with Crippen molar-refractivity contribution in [1.82, 2.24) is 4.90 Å². The van der Waals surface area contributed by atoms with Gasteiger partial charge in [0.15, 0.2) is 0 Å². The SMILES string of the molecule is CCOC(=O)N1CC=C2C(C)(C)C(=O)CC[C@]2(C)C1. The van der Waals surface area contributed by atoms with Crippen LogP contribution in [0.1, 0.15) is 40.5 Å². The number of ketones is 1. The molecule has 0 unspecified atom stereocenters. The number of fused-ring (bicyclic) bond motifs is 1. The highest BCUT2D eigenvalue weighted by atomic mass is 16.6. The van der Waals surface area contributed by atoms with Crippen LogP contribution < -0.4 is 0 Å². The fourth-order valence-corrected chi connectivity index (χ4v) is 3.45. The van der Waals surface area contributed by atoms with Crippen LogP contribution in [0, 0.1) is 10.8 Å². The molecule has 2 rings (SSSR count). The lowest BCUT2D eigenvalue weighted by atomic mass is 9.58. The second-order valence-corrected chi connectivity index (χ2v) is 6.31. The van der Waals surface area contributed by atoms with Crippen LogP contribution in [0.4, 0.5) is 4.79 Å². The van der Waals surface area contributed by atoms with Gasteiger partial charge in [0.1, 0.15) is 5.78 Å². The van der Waals surface area contributed by atoms with E-state index in [4.69, 9.17) is 4.74 Å². The van der Waals surface area contributed by atoms with Crippen molar-refractivity contribution in [3.63, 3.8) is 0 Å². The van der Waals surface area contributed by atoms with E-state index in [9.17, 15) is 9.59 Å². The van der Waals surface area contributed by atoms with Gasteiger partial charge in [-0.2, -0.15) is 0 Å². The molecule has 2 aliphatic rings. The predicted octanol–water partition coefficient (Wildman–Crippen LogP) is 2.78. The summed E-state index contributed by atoms with van der Waals surface area (Å²) in [6, 6.07) is 0. The summed E-state index contributed by atoms with van der Waals surface area (Å²) in [6.45, 7) is 9.55. The summed E-state index contributed by atoms with van der Waals surface area (Å²) in [7, 11) is 0. The molecule has 106 valence electrons. The van der Waals surface area contributed by atoms with Crippen molar-refractivity contribution in [2.45, 2.75) is 40.5 Å². The van der Waals surface area contributed by atoms with Crippen LogP contribution in [-0.2, 0) is 9.53 Å². The van der Waals surface area contributed by atoms with Gasteiger partial charge in [-0.3, -0.25) is 4.79 Å². The Bertz CT molecular complexity index is 439. The van der Waals surface area contributed by atoms with E-state index in [1.165, 1.54) is 5.57 Å². The lowest BCUT2D eigenvalue weighted by molar-refractivity contribution is -0.129. The van der Waals surface area contributed by atoms with Crippen molar-refractivity contribution in [3.05, 3.63) is 11.6 Å². The quantitative estimate of drug-likeness (QED) is 0.685. The van der Waals surface area contributed by atoms with Crippen LogP contribution in [0.15, 0.2) is 11.6 Å². The van der Waals surface area contributed by atoms with Gasteiger partial charge in [0.05, 0.1) is 6.61 Å². The summed E-state index contributed by atoms with van der Waals surface area (Å²) in [4.78, 5) is 25.7. The fourth-order valence-electron chi connectivity index (χ4n) is 3.45. The largest absolute Gasteiger partial charge is 0.450 e. The fraction of sp³-hybridized carbons (Fsp3) is 0.733. The van der Waals surface area contributed by atoms with Crippen LogP contribution in [0.3, 0.4) is 0 Å². The molecule has 0 saturated heterocycles. The molecule has 0 bridgehead atoms. The molecular weight excluding hydrogens is 242 g/mol. The molecule has 1 aliphatic carbocycles. The summed E-state index contributed by atoms with van der Waals surface area (Å²) >= 11 is 0. The maximum Gasteiger partial charge on any atom is 0.410 e. The number of ether oxygens (including phenoxy) is 1. The number of amides is 1. The minimum absolute atomic E-state index is 0.0948. The normalized spacial score (nSPS) is 29.6. The van der Waals surface area contributed by atoms with E-state index < -0.39 is 5.41 Å². The van der Waals surface area contributed by atoms with Crippen molar-refractivity contribution in [3.8, 4) is 0 Å². The van der Waals surface area contributed by atoms with Gasteiger partial charge in [-0.25, -0.2) is 4.79 Å². The molecule has 0 aromatic rings. The van der Waals surface area contributed by atoms with Crippen LogP contribution in [-0.4, -0.2) is 36.5 Å². The minimum Gasteiger partial charge on any atom is -0.450 e. The Kier molecular flexibility index (Phi) is 3.45. The first-order chi connectivity index (χ1) is 8.81. The Morgan fingerprint density at radius 2 is 2.11 bits per heavy atom. The first-order valence-corrected chi connectivity index (χ1v) is 6.97. The molecule has 1 heterocycles.